The van der Waals surface area contributed by atoms with Crippen LogP contribution in [0.3, 0.4) is 0 Å². The van der Waals surface area contributed by atoms with Crippen molar-refractivity contribution in [2.45, 2.75) is 131 Å². The molecular weight excluding hydrogens is 1210 g/mol. The second-order valence-corrected chi connectivity index (χ2v) is 28.0. The number of carbonyl (C=O) groups is 2. The number of aliphatic hydroxyl groups excluding tert-OH is 1. The fourth-order valence-corrected chi connectivity index (χ4v) is 14.0. The molecule has 0 aliphatic carbocycles. The van der Waals surface area contributed by atoms with Gasteiger partial charge in [0.25, 0.3) is 20.2 Å². The summed E-state index contributed by atoms with van der Waals surface area (Å²) in [6.45, 7) is 10.4. The molecule has 0 spiro atoms. The zero-order valence-corrected chi connectivity index (χ0v) is 50.7. The van der Waals surface area contributed by atoms with Gasteiger partial charge in [0, 0.05) is 73.3 Å². The van der Waals surface area contributed by atoms with Crippen LogP contribution in [-0.2, 0) is 72.2 Å². The number of nitrogens with one attached hydrogen (secondary N) is 2. The van der Waals surface area contributed by atoms with E-state index in [1.807, 2.05) is 65.0 Å². The standard InChI is InChI=1S/C51H67N6O22P3S2/c1-6-54-40-24-22-36(83(70,71)72)30-38(40)50(2,3)44(54)18-10-7-11-19-45-51(4,5)39-31-37(84(73,74)75)23-25-41(39)55(45)28-15-9-13-21-46(59)52-26-14-8-12-20-47(60)53-27-16-17-35-29-48(57(61)62)56(33-35)49-32-42(58)43(77-49)34-76-81(66,67)79-82(68,69)78-80(63,64)65/h7,10-11,18-19,22-25,29-31,33,42-43,49,58H,6,8-9,12-15,20-21,26-28,32,34H2,1-5H3,(H7-,52,53,59,60,63,64,65,66,67,68,69,70,71,72,73,74,75)/p+1/t42-,43+,49+/m0/s1. The Labute approximate surface area is 485 Å². The van der Waals surface area contributed by atoms with E-state index in [1.54, 1.807) is 12.1 Å². The lowest BCUT2D eigenvalue weighted by Gasteiger charge is -2.25. The molecule has 1 aromatic heterocycles. The van der Waals surface area contributed by atoms with Gasteiger partial charge in [-0.1, -0.05) is 50.3 Å². The van der Waals surface area contributed by atoms with Crippen molar-refractivity contribution < 1.29 is 101 Å². The first-order chi connectivity index (χ1) is 39.0. The predicted octanol–water partition coefficient (Wildman–Crippen LogP) is 6.48. The lowest BCUT2D eigenvalue weighted by molar-refractivity contribution is -0.438. The molecular formula is C51H68N6O22P3S2+. The van der Waals surface area contributed by atoms with E-state index < -0.39 is 90.3 Å². The Hall–Kier alpha value is -5.54. The number of likely N-dealkylation sites (N-methyl/N-ethyl adjacent to an activating group) is 1. The Bertz CT molecular complexity index is 3580. The number of phosphoric ester groups is 1. The quantitative estimate of drug-likeness (QED) is 0.00549. The topological polar surface area (TPSA) is 411 Å². The normalized spacial score (nSPS) is 20.4. The Morgan fingerprint density at radius 1 is 0.845 bits per heavy atom. The molecule has 2 unspecified atom stereocenters. The summed E-state index contributed by atoms with van der Waals surface area (Å²) in [6, 6.07) is 10.2. The average Bonchev–Trinajstić information content (AvgIpc) is 1.88. The van der Waals surface area contributed by atoms with Crippen LogP contribution >= 0.6 is 23.5 Å². The number of ether oxygens (including phenoxy) is 1. The maximum atomic E-state index is 12.7. The van der Waals surface area contributed by atoms with E-state index in [0.29, 0.717) is 64.6 Å². The number of nitrogens with zero attached hydrogens (tertiary/aromatic N) is 4. The van der Waals surface area contributed by atoms with E-state index in [4.69, 9.17) is 14.5 Å². The number of unbranched alkanes of at least 4 members (excludes halogenated alkanes) is 4. The number of rotatable bonds is 28. The summed E-state index contributed by atoms with van der Waals surface area (Å²) >= 11 is 0. The third-order valence-corrected chi connectivity index (χ3v) is 19.5. The van der Waals surface area contributed by atoms with Gasteiger partial charge in [-0.25, -0.2) is 18.3 Å². The summed E-state index contributed by atoms with van der Waals surface area (Å²) in [5.74, 6) is 4.46. The van der Waals surface area contributed by atoms with Crippen LogP contribution in [0.1, 0.15) is 115 Å². The molecule has 4 heterocycles. The highest BCUT2D eigenvalue weighted by Gasteiger charge is 2.47. The summed E-state index contributed by atoms with van der Waals surface area (Å²) in [7, 11) is -25.9. The van der Waals surface area contributed by atoms with Crippen molar-refractivity contribution in [1.82, 2.24) is 15.2 Å². The summed E-state index contributed by atoms with van der Waals surface area (Å²) in [4.78, 5) is 74.4. The van der Waals surface area contributed by atoms with Gasteiger partial charge < -0.3 is 55.1 Å². The largest absolute Gasteiger partial charge is 0.490 e. The third kappa shape index (κ3) is 17.8. The number of phosphoric acid groups is 3. The molecule has 33 heteroatoms. The molecule has 2 aromatic carbocycles. The number of amides is 2. The number of carbonyl (C=O) groups excluding carboxylic acids is 2. The van der Waals surface area contributed by atoms with Crippen LogP contribution in [0.15, 0.2) is 94.5 Å². The molecule has 460 valence electrons. The molecule has 84 heavy (non-hydrogen) atoms. The maximum Gasteiger partial charge on any atom is 0.490 e. The molecule has 1 saturated heterocycles. The minimum atomic E-state index is -5.80. The van der Waals surface area contributed by atoms with E-state index in [1.165, 1.54) is 30.5 Å². The minimum absolute atomic E-state index is 0.104. The molecule has 1 fully saturated rings. The molecule has 3 aliphatic rings. The van der Waals surface area contributed by atoms with E-state index in [2.05, 4.69) is 45.1 Å². The number of allylic oxidation sites excluding steroid dienone is 6. The second-order valence-electron chi connectivity index (χ2n) is 20.8. The molecule has 0 saturated carbocycles. The number of anilines is 1. The maximum absolute atomic E-state index is 12.7. The van der Waals surface area contributed by atoms with E-state index in [-0.39, 0.29) is 46.6 Å². The Morgan fingerprint density at radius 2 is 1.48 bits per heavy atom. The smallest absolute Gasteiger partial charge is 0.390 e. The van der Waals surface area contributed by atoms with E-state index >= 15 is 0 Å². The predicted molar refractivity (Wildman–Crippen MR) is 303 cm³/mol. The summed E-state index contributed by atoms with van der Waals surface area (Å²) < 4.78 is 123. The lowest BCUT2D eigenvalue weighted by Crippen LogP contribution is -2.28. The molecule has 0 bridgehead atoms. The van der Waals surface area contributed by atoms with Crippen molar-refractivity contribution in [2.24, 2.45) is 0 Å². The van der Waals surface area contributed by atoms with Crippen molar-refractivity contribution in [3.63, 3.8) is 0 Å². The highest BCUT2D eigenvalue weighted by Crippen LogP contribution is 2.66. The first-order valence-electron chi connectivity index (χ1n) is 26.3. The first kappa shape index (κ1) is 67.6. The van der Waals surface area contributed by atoms with Gasteiger partial charge in [-0.15, -0.1) is 0 Å². The van der Waals surface area contributed by atoms with Gasteiger partial charge in [0.05, 0.1) is 46.1 Å². The monoisotopic (exact) mass is 1270 g/mol. The number of hydrogen-bond acceptors (Lipinski definition) is 17. The fraction of sp³-hybridized carbons (Fsp3) is 0.471. The first-order valence-corrected chi connectivity index (χ1v) is 33.7. The van der Waals surface area contributed by atoms with Crippen LogP contribution in [-0.4, -0.2) is 127 Å². The highest BCUT2D eigenvalue weighted by molar-refractivity contribution is 7.86. The van der Waals surface area contributed by atoms with Crippen LogP contribution in [0.25, 0.3) is 0 Å². The van der Waals surface area contributed by atoms with Crippen molar-refractivity contribution >= 4 is 78.4 Å². The molecule has 6 rings (SSSR count). The average molecular weight is 1270 g/mol. The number of aromatic nitrogens is 1. The zero-order valence-electron chi connectivity index (χ0n) is 46.3. The van der Waals surface area contributed by atoms with E-state index in [0.717, 1.165) is 44.5 Å². The van der Waals surface area contributed by atoms with Gasteiger partial charge in [0.1, 0.15) is 18.8 Å². The van der Waals surface area contributed by atoms with Crippen molar-refractivity contribution in [2.75, 3.05) is 37.7 Å². The Balaban J connectivity index is 0.922. The van der Waals surface area contributed by atoms with Gasteiger partial charge in [-0.3, -0.25) is 23.2 Å². The summed E-state index contributed by atoms with van der Waals surface area (Å²) in [5.41, 5.74) is 3.82. The molecule has 2 amide bonds. The summed E-state index contributed by atoms with van der Waals surface area (Å²) in [5, 5.41) is 27.8. The number of aliphatic hydroxyl groups is 1. The van der Waals surface area contributed by atoms with Crippen molar-refractivity contribution in [3.05, 3.63) is 112 Å². The lowest BCUT2D eigenvalue weighted by atomic mass is 9.81. The molecule has 3 aromatic rings. The number of fused-ring (bicyclic) bond motifs is 2. The minimum Gasteiger partial charge on any atom is -0.390 e. The van der Waals surface area contributed by atoms with Gasteiger partial charge in [-0.05, 0) is 93.3 Å². The SMILES string of the molecule is CCN1\C(=C/C=C/C=C/C2=[N+](CCCCCC(=O)NCCCCCC(=O)NCC#Cc3cc([N+](=O)[O-])n([C@H]4C[C@H](O)[C@@H](COP(=O)(O)OP(=O)(O)OP(=O)(O)O)O4)c3)c3ccc(S(=O)(=O)O)cc3C2(C)C)C(C)(C)c2cc(S(=O)(=O)O)ccc21. The van der Waals surface area contributed by atoms with Gasteiger partial charge in [-0.2, -0.15) is 30.0 Å². The van der Waals surface area contributed by atoms with Crippen molar-refractivity contribution in [1.29, 1.82) is 0 Å². The molecule has 28 nitrogen and oxygen atoms in total. The summed E-state index contributed by atoms with van der Waals surface area (Å²) in [6.07, 6.45) is 10.6. The molecule has 9 N–H and O–H groups in total. The molecule has 5 atom stereocenters. The number of nitro groups is 1. The molecule has 3 aliphatic heterocycles. The van der Waals surface area contributed by atoms with Crippen LogP contribution in [0.5, 0.6) is 0 Å². The second kappa shape index (κ2) is 27.4. The van der Waals surface area contributed by atoms with Crippen LogP contribution < -0.4 is 15.5 Å². The number of hydrogen-bond donors (Lipinski definition) is 9. The van der Waals surface area contributed by atoms with Crippen LogP contribution in [0, 0.1) is 22.0 Å². The fourth-order valence-electron chi connectivity index (χ4n) is 10.0. The Kier molecular flexibility index (Phi) is 22.1. The van der Waals surface area contributed by atoms with Crippen LogP contribution in [0.2, 0.25) is 0 Å². The third-order valence-electron chi connectivity index (χ3n) is 14.0. The Morgan fingerprint density at radius 3 is 2.11 bits per heavy atom. The molecule has 0 radical (unpaired) electrons. The zero-order chi connectivity index (χ0) is 62.2. The van der Waals surface area contributed by atoms with Gasteiger partial charge >= 0.3 is 29.3 Å². The van der Waals surface area contributed by atoms with E-state index in [9.17, 15) is 74.2 Å². The highest BCUT2D eigenvalue weighted by atomic mass is 32.2. The van der Waals surface area contributed by atoms with Gasteiger partial charge in [0.15, 0.2) is 5.71 Å². The van der Waals surface area contributed by atoms with Gasteiger partial charge in [0.2, 0.25) is 23.7 Å². The van der Waals surface area contributed by atoms with Crippen LogP contribution in [0.4, 0.5) is 17.2 Å². The number of benzene rings is 2. The van der Waals surface area contributed by atoms with Crippen molar-refractivity contribution in [3.8, 4) is 11.8 Å².